The predicted molar refractivity (Wildman–Crippen MR) is 109 cm³/mol. The van der Waals surface area contributed by atoms with Crippen LogP contribution in [-0.2, 0) is 34.1 Å². The Bertz CT molecular complexity index is 994. The minimum absolute atomic E-state index is 0.339. The molecule has 0 aromatic heterocycles. The van der Waals surface area contributed by atoms with Crippen molar-refractivity contribution in [1.82, 2.24) is 4.31 Å². The molecule has 1 aliphatic heterocycles. The van der Waals surface area contributed by atoms with E-state index in [0.717, 1.165) is 44.5 Å². The normalized spacial score (nSPS) is 17.8. The van der Waals surface area contributed by atoms with E-state index >= 15 is 0 Å². The van der Waals surface area contributed by atoms with Crippen molar-refractivity contribution in [2.75, 3.05) is 33.3 Å². The smallest absolute Gasteiger partial charge is 0.337 e. The van der Waals surface area contributed by atoms with Gasteiger partial charge in [-0.3, -0.25) is 0 Å². The van der Waals surface area contributed by atoms with Crippen molar-refractivity contribution in [2.24, 2.45) is 0 Å². The van der Waals surface area contributed by atoms with Crippen molar-refractivity contribution < 1.29 is 22.8 Å². The van der Waals surface area contributed by atoms with Gasteiger partial charge in [-0.25, -0.2) is 13.2 Å². The van der Waals surface area contributed by atoms with Gasteiger partial charge in [0.15, 0.2) is 0 Å². The fourth-order valence-corrected chi connectivity index (χ4v) is 5.74. The number of piperazine rings is 1. The molecule has 1 fully saturated rings. The van der Waals surface area contributed by atoms with Crippen LogP contribution in [0.25, 0.3) is 0 Å². The monoisotopic (exact) mass is 415 g/mol. The van der Waals surface area contributed by atoms with Crippen molar-refractivity contribution in [3.05, 3.63) is 64.7 Å². The van der Waals surface area contributed by atoms with Crippen LogP contribution >= 0.6 is 0 Å². The Morgan fingerprint density at radius 1 is 1.03 bits per heavy atom. The molecule has 154 valence electrons. The van der Waals surface area contributed by atoms with Crippen LogP contribution < -0.4 is 4.90 Å². The number of carbonyl (C=O) groups is 1. The summed E-state index contributed by atoms with van der Waals surface area (Å²) in [5.41, 5.74) is 4.14. The summed E-state index contributed by atoms with van der Waals surface area (Å²) in [7, 11) is -2.06. The third kappa shape index (κ3) is 4.22. The number of hydrogen-bond donors (Lipinski definition) is 1. The molecule has 1 saturated heterocycles. The minimum Gasteiger partial charge on any atom is -0.465 e. The molecule has 2 aromatic rings. The van der Waals surface area contributed by atoms with Crippen molar-refractivity contribution in [3.63, 3.8) is 0 Å². The molecule has 0 bridgehead atoms. The molecule has 7 heteroatoms. The fourth-order valence-electron chi connectivity index (χ4n) is 4.24. The van der Waals surface area contributed by atoms with Crippen LogP contribution in [0.4, 0.5) is 0 Å². The molecule has 0 radical (unpaired) electrons. The molecule has 4 rings (SSSR count). The van der Waals surface area contributed by atoms with Crippen LogP contribution in [0.15, 0.2) is 47.4 Å². The maximum atomic E-state index is 13.1. The number of methoxy groups -OCH3 is 1. The first kappa shape index (κ1) is 20.1. The lowest BCUT2D eigenvalue weighted by atomic mass is 10.1. The van der Waals surface area contributed by atoms with Gasteiger partial charge in [0.1, 0.15) is 6.54 Å². The Morgan fingerprint density at radius 3 is 2.41 bits per heavy atom. The maximum Gasteiger partial charge on any atom is 0.337 e. The van der Waals surface area contributed by atoms with E-state index in [-0.39, 0.29) is 5.97 Å². The SMILES string of the molecule is COC(=O)c1ccc(C[NH+]2CCN(S(=O)(=O)c3ccc4c(c3)CCC4)CC2)cc1. The number of hydrogen-bond acceptors (Lipinski definition) is 4. The minimum atomic E-state index is -3.43. The van der Waals surface area contributed by atoms with E-state index in [1.165, 1.54) is 23.1 Å². The van der Waals surface area contributed by atoms with E-state index < -0.39 is 10.0 Å². The van der Waals surface area contributed by atoms with E-state index in [1.807, 2.05) is 24.3 Å². The van der Waals surface area contributed by atoms with E-state index in [2.05, 4.69) is 0 Å². The standard InChI is InChI=1S/C22H26N2O4S/c1-28-22(25)19-7-5-17(6-8-19)16-23-11-13-24(14-12-23)29(26,27)21-10-9-18-3-2-4-20(18)15-21/h5-10,15H,2-4,11-14,16H2,1H3/p+1. The second-order valence-electron chi connectivity index (χ2n) is 7.80. The molecular weight excluding hydrogens is 388 g/mol. The highest BCUT2D eigenvalue weighted by molar-refractivity contribution is 7.89. The average Bonchev–Trinajstić information content (AvgIpc) is 3.22. The number of fused-ring (bicyclic) bond motifs is 1. The van der Waals surface area contributed by atoms with Crippen LogP contribution in [0, 0.1) is 0 Å². The van der Waals surface area contributed by atoms with Crippen molar-refractivity contribution in [2.45, 2.75) is 30.7 Å². The highest BCUT2D eigenvalue weighted by Crippen LogP contribution is 2.26. The number of carbonyl (C=O) groups excluding carboxylic acids is 1. The Labute approximate surface area is 172 Å². The molecule has 1 heterocycles. The summed E-state index contributed by atoms with van der Waals surface area (Å²) in [6.45, 7) is 3.39. The Kier molecular flexibility index (Phi) is 5.72. The number of nitrogens with zero attached hydrogens (tertiary/aromatic N) is 1. The first-order valence-electron chi connectivity index (χ1n) is 10.1. The maximum absolute atomic E-state index is 13.1. The topological polar surface area (TPSA) is 68.1 Å². The largest absolute Gasteiger partial charge is 0.465 e. The molecule has 1 N–H and O–H groups in total. The average molecular weight is 416 g/mol. The van der Waals surface area contributed by atoms with Gasteiger partial charge in [-0.2, -0.15) is 4.31 Å². The third-order valence-corrected chi connectivity index (χ3v) is 7.86. The number of benzene rings is 2. The third-order valence-electron chi connectivity index (χ3n) is 5.97. The van der Waals surface area contributed by atoms with Crippen LogP contribution in [0.5, 0.6) is 0 Å². The van der Waals surface area contributed by atoms with Gasteiger partial charge < -0.3 is 9.64 Å². The number of ether oxygens (including phenoxy) is 1. The highest BCUT2D eigenvalue weighted by atomic mass is 32.2. The molecule has 2 aromatic carbocycles. The quantitative estimate of drug-likeness (QED) is 0.742. The number of esters is 1. The summed E-state index contributed by atoms with van der Waals surface area (Å²) < 4.78 is 32.5. The van der Waals surface area contributed by atoms with Crippen LogP contribution in [-0.4, -0.2) is 52.0 Å². The first-order chi connectivity index (χ1) is 14.0. The summed E-state index contributed by atoms with van der Waals surface area (Å²) >= 11 is 0. The number of quaternary nitrogens is 1. The zero-order chi connectivity index (χ0) is 20.4. The summed E-state index contributed by atoms with van der Waals surface area (Å²) in [6, 6.07) is 13.0. The number of rotatable bonds is 5. The van der Waals surface area contributed by atoms with Gasteiger partial charge in [0.25, 0.3) is 0 Å². The van der Waals surface area contributed by atoms with E-state index in [0.29, 0.717) is 23.5 Å². The van der Waals surface area contributed by atoms with Gasteiger partial charge in [0, 0.05) is 5.56 Å². The number of aryl methyl sites for hydroxylation is 2. The van der Waals surface area contributed by atoms with Crippen molar-refractivity contribution in [1.29, 1.82) is 0 Å². The second kappa shape index (κ2) is 8.26. The van der Waals surface area contributed by atoms with Crippen molar-refractivity contribution >= 4 is 16.0 Å². The van der Waals surface area contributed by atoms with Crippen molar-refractivity contribution in [3.8, 4) is 0 Å². The lowest BCUT2D eigenvalue weighted by Gasteiger charge is -2.31. The molecule has 0 unspecified atom stereocenters. The molecule has 0 atom stereocenters. The predicted octanol–water partition coefficient (Wildman–Crippen LogP) is 1.05. The Morgan fingerprint density at radius 2 is 1.72 bits per heavy atom. The lowest BCUT2D eigenvalue weighted by molar-refractivity contribution is -0.917. The van der Waals surface area contributed by atoms with E-state index in [1.54, 1.807) is 22.5 Å². The van der Waals surface area contributed by atoms with Crippen LogP contribution in [0.2, 0.25) is 0 Å². The van der Waals surface area contributed by atoms with Gasteiger partial charge >= 0.3 is 5.97 Å². The highest BCUT2D eigenvalue weighted by Gasteiger charge is 2.31. The van der Waals surface area contributed by atoms with Crippen LogP contribution in [0.3, 0.4) is 0 Å². The molecule has 29 heavy (non-hydrogen) atoms. The zero-order valence-electron chi connectivity index (χ0n) is 16.7. The summed E-state index contributed by atoms with van der Waals surface area (Å²) in [5.74, 6) is -0.339. The molecule has 6 nitrogen and oxygen atoms in total. The lowest BCUT2D eigenvalue weighted by Crippen LogP contribution is -3.13. The number of nitrogens with one attached hydrogen (secondary N) is 1. The molecule has 0 amide bonds. The van der Waals surface area contributed by atoms with E-state index in [4.69, 9.17) is 4.74 Å². The Balaban J connectivity index is 1.37. The molecule has 2 aliphatic rings. The molecule has 1 aliphatic carbocycles. The van der Waals surface area contributed by atoms with E-state index in [9.17, 15) is 13.2 Å². The second-order valence-corrected chi connectivity index (χ2v) is 9.74. The Hall–Kier alpha value is -2.22. The van der Waals surface area contributed by atoms with Gasteiger partial charge in [-0.05, 0) is 54.7 Å². The molecular formula is C22H27N2O4S+. The molecule has 0 saturated carbocycles. The van der Waals surface area contributed by atoms with Gasteiger partial charge in [0.2, 0.25) is 10.0 Å². The summed E-state index contributed by atoms with van der Waals surface area (Å²) in [6.07, 6.45) is 3.14. The summed E-state index contributed by atoms with van der Waals surface area (Å²) in [4.78, 5) is 13.3. The molecule has 0 spiro atoms. The van der Waals surface area contributed by atoms with Crippen LogP contribution in [0.1, 0.15) is 33.5 Å². The number of sulfonamides is 1. The zero-order valence-corrected chi connectivity index (χ0v) is 17.5. The van der Waals surface area contributed by atoms with Gasteiger partial charge in [0.05, 0.1) is 43.7 Å². The van der Waals surface area contributed by atoms with Gasteiger partial charge in [-0.15, -0.1) is 0 Å². The van der Waals surface area contributed by atoms with Gasteiger partial charge in [-0.1, -0.05) is 18.2 Å². The first-order valence-corrected chi connectivity index (χ1v) is 11.5. The summed E-state index contributed by atoms with van der Waals surface area (Å²) in [5, 5.41) is 0. The fraction of sp³-hybridized carbons (Fsp3) is 0.409.